The van der Waals surface area contributed by atoms with Crippen LogP contribution < -0.4 is 10.5 Å². The molecular weight excluding hydrogens is 278 g/mol. The van der Waals surface area contributed by atoms with Crippen molar-refractivity contribution < 1.29 is 8.42 Å². The lowest BCUT2D eigenvalue weighted by Crippen LogP contribution is -2.29. The number of sulfonamides is 1. The van der Waals surface area contributed by atoms with Gasteiger partial charge in [0.2, 0.25) is 10.0 Å². The molecule has 2 aromatic rings. The number of nitrogens with two attached hydrogens (primary N) is 1. The lowest BCUT2D eigenvalue weighted by Gasteiger charge is -2.13. The summed E-state index contributed by atoms with van der Waals surface area (Å²) in [5, 5.41) is 7.42. The zero-order valence-electron chi connectivity index (χ0n) is 11.4. The molecule has 0 saturated carbocycles. The van der Waals surface area contributed by atoms with Gasteiger partial charge in [-0.15, -0.1) is 5.10 Å². The monoisotopic (exact) mass is 295 g/mol. The Morgan fingerprint density at radius 1 is 1.35 bits per heavy atom. The highest BCUT2D eigenvalue weighted by molar-refractivity contribution is 7.89. The molecule has 0 radical (unpaired) electrons. The van der Waals surface area contributed by atoms with Crippen LogP contribution in [0, 0.1) is 13.8 Å². The van der Waals surface area contributed by atoms with Crippen molar-refractivity contribution in [3.05, 3.63) is 35.7 Å². The molecule has 108 valence electrons. The second kappa shape index (κ2) is 5.59. The first-order valence-corrected chi connectivity index (χ1v) is 7.59. The maximum Gasteiger partial charge on any atom is 0.241 e. The average molecular weight is 295 g/mol. The number of nitrogen functional groups attached to an aromatic ring is 1. The molecule has 3 N–H and O–H groups in total. The maximum atomic E-state index is 12.3. The zero-order valence-corrected chi connectivity index (χ0v) is 12.2. The molecule has 1 aromatic heterocycles. The molecule has 0 saturated heterocycles. The molecule has 20 heavy (non-hydrogen) atoms. The number of aromatic nitrogens is 3. The SMILES string of the molecule is Cc1ccc(N)c(C)c1S(=O)(=O)NCCn1ccnn1. The standard InChI is InChI=1S/C12H17N5O2S/c1-9-3-4-11(13)10(2)12(9)20(18,19)15-6-8-17-7-5-14-16-17/h3-5,7,15H,6,8,13H2,1-2H3. The number of rotatable bonds is 5. The minimum absolute atomic E-state index is 0.235. The molecule has 7 nitrogen and oxygen atoms in total. The second-order valence-corrected chi connectivity index (χ2v) is 6.19. The summed E-state index contributed by atoms with van der Waals surface area (Å²) in [7, 11) is -3.59. The highest BCUT2D eigenvalue weighted by Crippen LogP contribution is 2.24. The van der Waals surface area contributed by atoms with Crippen molar-refractivity contribution in [2.45, 2.75) is 25.3 Å². The first-order chi connectivity index (χ1) is 9.42. The number of hydrogen-bond acceptors (Lipinski definition) is 5. The quantitative estimate of drug-likeness (QED) is 0.780. The van der Waals surface area contributed by atoms with Crippen LogP contribution in [0.2, 0.25) is 0 Å². The fourth-order valence-corrected chi connectivity index (χ4v) is 3.49. The third-order valence-corrected chi connectivity index (χ3v) is 4.77. The molecule has 8 heteroatoms. The molecular formula is C12H17N5O2S. The van der Waals surface area contributed by atoms with Crippen LogP contribution in [0.15, 0.2) is 29.4 Å². The van der Waals surface area contributed by atoms with E-state index >= 15 is 0 Å². The van der Waals surface area contributed by atoms with Crippen LogP contribution in [-0.2, 0) is 16.6 Å². The molecule has 1 aromatic carbocycles. The molecule has 0 atom stereocenters. The summed E-state index contributed by atoms with van der Waals surface area (Å²) in [6.45, 7) is 4.10. The lowest BCUT2D eigenvalue weighted by atomic mass is 10.1. The van der Waals surface area contributed by atoms with Gasteiger partial charge in [-0.3, -0.25) is 4.68 Å². The van der Waals surface area contributed by atoms with E-state index in [9.17, 15) is 8.42 Å². The Labute approximate surface area is 117 Å². The summed E-state index contributed by atoms with van der Waals surface area (Å²) >= 11 is 0. The Bertz CT molecular complexity index is 695. The van der Waals surface area contributed by atoms with E-state index in [-0.39, 0.29) is 11.4 Å². The first-order valence-electron chi connectivity index (χ1n) is 6.11. The van der Waals surface area contributed by atoms with Gasteiger partial charge in [0, 0.05) is 18.4 Å². The molecule has 1 heterocycles. The Kier molecular flexibility index (Phi) is 4.05. The first kappa shape index (κ1) is 14.5. The van der Waals surface area contributed by atoms with E-state index in [4.69, 9.17) is 5.73 Å². The molecule has 0 unspecified atom stereocenters. The molecule has 0 fully saturated rings. The average Bonchev–Trinajstić information content (AvgIpc) is 2.87. The van der Waals surface area contributed by atoms with E-state index < -0.39 is 10.0 Å². The highest BCUT2D eigenvalue weighted by atomic mass is 32.2. The van der Waals surface area contributed by atoms with Gasteiger partial charge >= 0.3 is 0 Å². The van der Waals surface area contributed by atoms with Gasteiger partial charge in [-0.25, -0.2) is 13.1 Å². The summed E-state index contributed by atoms with van der Waals surface area (Å²) in [5.41, 5.74) is 7.48. The van der Waals surface area contributed by atoms with E-state index in [2.05, 4.69) is 15.0 Å². The van der Waals surface area contributed by atoms with Crippen molar-refractivity contribution in [2.24, 2.45) is 0 Å². The van der Waals surface area contributed by atoms with Crippen LogP contribution in [-0.4, -0.2) is 30.0 Å². The second-order valence-electron chi connectivity index (χ2n) is 4.49. The predicted octanol–water partition coefficient (Wildman–Crippen LogP) is 0.456. The van der Waals surface area contributed by atoms with Gasteiger partial charge in [0.1, 0.15) is 0 Å². The summed E-state index contributed by atoms with van der Waals surface area (Å²) < 4.78 is 28.8. The van der Waals surface area contributed by atoms with Crippen LogP contribution in [0.3, 0.4) is 0 Å². The Morgan fingerprint density at radius 2 is 2.10 bits per heavy atom. The van der Waals surface area contributed by atoms with Gasteiger partial charge in [-0.05, 0) is 31.0 Å². The molecule has 0 spiro atoms. The molecule has 0 aliphatic heterocycles. The Hall–Kier alpha value is -1.93. The third kappa shape index (κ3) is 2.97. The topological polar surface area (TPSA) is 103 Å². The van der Waals surface area contributed by atoms with Gasteiger partial charge in [0.25, 0.3) is 0 Å². The van der Waals surface area contributed by atoms with E-state index in [1.165, 1.54) is 0 Å². The van der Waals surface area contributed by atoms with E-state index in [0.29, 0.717) is 23.4 Å². The Balaban J connectivity index is 2.16. The fourth-order valence-electron chi connectivity index (χ4n) is 1.97. The van der Waals surface area contributed by atoms with Crippen LogP contribution in [0.5, 0.6) is 0 Å². The molecule has 0 amide bonds. The van der Waals surface area contributed by atoms with Crippen LogP contribution in [0.25, 0.3) is 0 Å². The van der Waals surface area contributed by atoms with E-state index in [1.807, 2.05) is 0 Å². The maximum absolute atomic E-state index is 12.3. The minimum Gasteiger partial charge on any atom is -0.398 e. The van der Waals surface area contributed by atoms with Gasteiger partial charge in [-0.1, -0.05) is 11.3 Å². The van der Waals surface area contributed by atoms with Crippen molar-refractivity contribution in [2.75, 3.05) is 12.3 Å². The minimum atomic E-state index is -3.59. The van der Waals surface area contributed by atoms with Gasteiger partial charge in [0.05, 0.1) is 17.6 Å². The zero-order chi connectivity index (χ0) is 14.8. The van der Waals surface area contributed by atoms with E-state index in [1.54, 1.807) is 43.1 Å². The predicted molar refractivity (Wildman–Crippen MR) is 75.5 cm³/mol. The van der Waals surface area contributed by atoms with Crippen molar-refractivity contribution in [1.29, 1.82) is 0 Å². The molecule has 0 aliphatic carbocycles. The Morgan fingerprint density at radius 3 is 2.75 bits per heavy atom. The normalized spacial score (nSPS) is 11.7. The van der Waals surface area contributed by atoms with Gasteiger partial charge < -0.3 is 5.73 Å². The summed E-state index contributed by atoms with van der Waals surface area (Å²) in [6, 6.07) is 3.41. The number of nitrogens with one attached hydrogen (secondary N) is 1. The largest absolute Gasteiger partial charge is 0.398 e. The lowest BCUT2D eigenvalue weighted by molar-refractivity contribution is 0.552. The van der Waals surface area contributed by atoms with Crippen molar-refractivity contribution in [1.82, 2.24) is 19.7 Å². The van der Waals surface area contributed by atoms with Crippen molar-refractivity contribution in [3.8, 4) is 0 Å². The van der Waals surface area contributed by atoms with Gasteiger partial charge in [0.15, 0.2) is 0 Å². The number of aryl methyl sites for hydroxylation is 1. The fraction of sp³-hybridized carbons (Fsp3) is 0.333. The molecule has 0 bridgehead atoms. The number of anilines is 1. The van der Waals surface area contributed by atoms with E-state index in [0.717, 1.165) is 0 Å². The third-order valence-electron chi connectivity index (χ3n) is 3.02. The number of nitrogens with zero attached hydrogens (tertiary/aromatic N) is 3. The van der Waals surface area contributed by atoms with Crippen molar-refractivity contribution >= 4 is 15.7 Å². The number of benzene rings is 1. The van der Waals surface area contributed by atoms with Crippen LogP contribution in [0.4, 0.5) is 5.69 Å². The summed E-state index contributed by atoms with van der Waals surface area (Å²) in [5.74, 6) is 0. The number of hydrogen-bond donors (Lipinski definition) is 2. The smallest absolute Gasteiger partial charge is 0.241 e. The van der Waals surface area contributed by atoms with Crippen molar-refractivity contribution in [3.63, 3.8) is 0 Å². The van der Waals surface area contributed by atoms with Crippen LogP contribution >= 0.6 is 0 Å². The summed E-state index contributed by atoms with van der Waals surface area (Å²) in [4.78, 5) is 0.246. The van der Waals surface area contributed by atoms with Crippen LogP contribution in [0.1, 0.15) is 11.1 Å². The van der Waals surface area contributed by atoms with Gasteiger partial charge in [-0.2, -0.15) is 0 Å². The highest BCUT2D eigenvalue weighted by Gasteiger charge is 2.20. The molecule has 0 aliphatic rings. The summed E-state index contributed by atoms with van der Waals surface area (Å²) in [6.07, 6.45) is 3.21. The molecule has 2 rings (SSSR count).